The minimum absolute atomic E-state index is 0.0260. The van der Waals surface area contributed by atoms with Crippen molar-refractivity contribution in [3.63, 3.8) is 0 Å². The zero-order valence-electron chi connectivity index (χ0n) is 17.7. The van der Waals surface area contributed by atoms with Gasteiger partial charge in [0.05, 0.1) is 13.0 Å². The summed E-state index contributed by atoms with van der Waals surface area (Å²) in [6, 6.07) is 8.10. The molecule has 1 aromatic rings. The molecule has 3 aliphatic heterocycles. The van der Waals surface area contributed by atoms with E-state index in [1.807, 2.05) is 36.2 Å². The fourth-order valence-electron chi connectivity index (χ4n) is 5.43. The molecule has 158 valence electrons. The van der Waals surface area contributed by atoms with Gasteiger partial charge in [0.1, 0.15) is 5.75 Å². The summed E-state index contributed by atoms with van der Waals surface area (Å²) in [6.07, 6.45) is 6.62. The van der Waals surface area contributed by atoms with E-state index in [1.165, 1.54) is 45.2 Å². The topological polar surface area (TPSA) is 53.1 Å². The van der Waals surface area contributed by atoms with Crippen molar-refractivity contribution in [3.8, 4) is 5.75 Å². The minimum Gasteiger partial charge on any atom is -0.497 e. The molecule has 3 aliphatic rings. The predicted molar refractivity (Wildman–Crippen MR) is 113 cm³/mol. The molecule has 3 atom stereocenters. The summed E-state index contributed by atoms with van der Waals surface area (Å²) in [6.45, 7) is 3.71. The molecule has 3 fully saturated rings. The molecule has 6 nitrogen and oxygen atoms in total. The molecule has 4 rings (SSSR count). The van der Waals surface area contributed by atoms with Crippen molar-refractivity contribution >= 4 is 17.5 Å². The summed E-state index contributed by atoms with van der Waals surface area (Å²) in [5.41, 5.74) is 0.832. The maximum atomic E-state index is 13.1. The van der Waals surface area contributed by atoms with Crippen molar-refractivity contribution in [2.75, 3.05) is 45.2 Å². The van der Waals surface area contributed by atoms with Gasteiger partial charge in [-0.05, 0) is 69.0 Å². The monoisotopic (exact) mass is 399 g/mol. The molecular formula is C23H33N3O3. The van der Waals surface area contributed by atoms with E-state index >= 15 is 0 Å². The lowest BCUT2D eigenvalue weighted by Crippen LogP contribution is -2.51. The van der Waals surface area contributed by atoms with E-state index in [-0.39, 0.29) is 17.7 Å². The second kappa shape index (κ2) is 8.74. The number of nitrogens with zero attached hydrogens (tertiary/aromatic N) is 3. The van der Waals surface area contributed by atoms with Gasteiger partial charge in [0.2, 0.25) is 11.8 Å². The lowest BCUT2D eigenvalue weighted by atomic mass is 9.83. The van der Waals surface area contributed by atoms with Crippen LogP contribution in [0.25, 0.3) is 0 Å². The fraction of sp³-hybridized carbons (Fsp3) is 0.652. The van der Waals surface area contributed by atoms with Crippen molar-refractivity contribution < 1.29 is 14.3 Å². The van der Waals surface area contributed by atoms with Gasteiger partial charge in [0, 0.05) is 38.3 Å². The first-order valence-electron chi connectivity index (χ1n) is 11.0. The average molecular weight is 400 g/mol. The second-order valence-electron chi connectivity index (χ2n) is 8.82. The Morgan fingerprint density at radius 2 is 1.90 bits per heavy atom. The summed E-state index contributed by atoms with van der Waals surface area (Å²) >= 11 is 0. The number of anilines is 1. The summed E-state index contributed by atoms with van der Waals surface area (Å²) in [5.74, 6) is 1.21. The maximum absolute atomic E-state index is 13.1. The van der Waals surface area contributed by atoms with E-state index < -0.39 is 0 Å². The Morgan fingerprint density at radius 1 is 1.14 bits per heavy atom. The molecule has 0 spiro atoms. The summed E-state index contributed by atoms with van der Waals surface area (Å²) in [7, 11) is 3.55. The minimum atomic E-state index is -0.249. The molecule has 1 aromatic carbocycles. The number of carbonyl (C=O) groups is 2. The van der Waals surface area contributed by atoms with Crippen LogP contribution in [0.2, 0.25) is 0 Å². The Kier molecular flexibility index (Phi) is 6.09. The normalized spacial score (nSPS) is 27.6. The van der Waals surface area contributed by atoms with Crippen LogP contribution in [-0.4, -0.2) is 68.0 Å². The van der Waals surface area contributed by atoms with Crippen LogP contribution in [0, 0.1) is 11.8 Å². The highest BCUT2D eigenvalue weighted by Gasteiger charge is 2.38. The van der Waals surface area contributed by atoms with Gasteiger partial charge in [-0.3, -0.25) is 9.59 Å². The fourth-order valence-corrected chi connectivity index (χ4v) is 5.43. The zero-order valence-corrected chi connectivity index (χ0v) is 17.7. The zero-order chi connectivity index (χ0) is 20.4. The molecular weight excluding hydrogens is 366 g/mol. The molecule has 0 aromatic heterocycles. The number of benzene rings is 1. The third-order valence-corrected chi connectivity index (χ3v) is 6.97. The van der Waals surface area contributed by atoms with E-state index in [1.54, 1.807) is 12.0 Å². The molecule has 3 saturated heterocycles. The van der Waals surface area contributed by atoms with Gasteiger partial charge < -0.3 is 19.4 Å². The smallest absolute Gasteiger partial charge is 0.227 e. The maximum Gasteiger partial charge on any atom is 0.227 e. The number of rotatable bonds is 5. The van der Waals surface area contributed by atoms with Crippen LogP contribution in [-0.2, 0) is 9.59 Å². The highest BCUT2D eigenvalue weighted by molar-refractivity contribution is 6.00. The number of hydrogen-bond donors (Lipinski definition) is 0. The van der Waals surface area contributed by atoms with Crippen LogP contribution < -0.4 is 9.64 Å². The molecule has 0 unspecified atom stereocenters. The summed E-state index contributed by atoms with van der Waals surface area (Å²) in [5, 5.41) is 0. The third-order valence-electron chi connectivity index (χ3n) is 6.97. The van der Waals surface area contributed by atoms with Crippen LogP contribution in [0.3, 0.4) is 0 Å². The Hall–Kier alpha value is -2.08. The number of amides is 2. The van der Waals surface area contributed by atoms with Crippen molar-refractivity contribution in [3.05, 3.63) is 24.3 Å². The van der Waals surface area contributed by atoms with Crippen LogP contribution in [0.15, 0.2) is 24.3 Å². The highest BCUT2D eigenvalue weighted by Crippen LogP contribution is 2.32. The largest absolute Gasteiger partial charge is 0.497 e. The highest BCUT2D eigenvalue weighted by atomic mass is 16.5. The number of hydrogen-bond acceptors (Lipinski definition) is 4. The SMILES string of the molecule is COc1ccc(N2C[C@H](C(=O)N(C)C[C@H]3CCCN4CCCC[C@H]34)CC2=O)cc1. The third kappa shape index (κ3) is 4.27. The van der Waals surface area contributed by atoms with Gasteiger partial charge in [-0.15, -0.1) is 0 Å². The first kappa shape index (κ1) is 20.2. The Bertz CT molecular complexity index is 733. The molecule has 29 heavy (non-hydrogen) atoms. The number of methoxy groups -OCH3 is 1. The summed E-state index contributed by atoms with van der Waals surface area (Å²) < 4.78 is 5.19. The van der Waals surface area contributed by atoms with Gasteiger partial charge in [-0.2, -0.15) is 0 Å². The lowest BCUT2D eigenvalue weighted by molar-refractivity contribution is -0.135. The Labute approximate surface area is 173 Å². The van der Waals surface area contributed by atoms with Gasteiger partial charge in [0.15, 0.2) is 0 Å². The van der Waals surface area contributed by atoms with E-state index in [0.717, 1.165) is 18.0 Å². The number of piperidine rings is 2. The van der Waals surface area contributed by atoms with Crippen molar-refractivity contribution in [2.24, 2.45) is 11.8 Å². The standard InChI is InChI=1S/C23H33N3O3/c1-24(15-17-6-5-13-25-12-4-3-7-21(17)25)23(28)18-14-22(27)26(16-18)19-8-10-20(29-2)11-9-19/h8-11,17-18,21H,3-7,12-16H2,1-2H3/t17-,18-,21-/m1/s1. The molecule has 0 saturated carbocycles. The van der Waals surface area contributed by atoms with Gasteiger partial charge in [-0.1, -0.05) is 6.42 Å². The molecule has 0 radical (unpaired) electrons. The van der Waals surface area contributed by atoms with Crippen LogP contribution >= 0.6 is 0 Å². The lowest BCUT2D eigenvalue weighted by Gasteiger charge is -2.45. The second-order valence-corrected chi connectivity index (χ2v) is 8.82. The molecule has 2 amide bonds. The quantitative estimate of drug-likeness (QED) is 0.764. The first-order valence-corrected chi connectivity index (χ1v) is 11.0. The Balaban J connectivity index is 1.36. The number of carbonyl (C=O) groups excluding carboxylic acids is 2. The van der Waals surface area contributed by atoms with E-state index in [2.05, 4.69) is 4.90 Å². The van der Waals surface area contributed by atoms with Crippen LogP contribution in [0.4, 0.5) is 5.69 Å². The number of fused-ring (bicyclic) bond motifs is 1. The van der Waals surface area contributed by atoms with Gasteiger partial charge in [-0.25, -0.2) is 0 Å². The van der Waals surface area contributed by atoms with E-state index in [0.29, 0.717) is 24.9 Å². The van der Waals surface area contributed by atoms with E-state index in [9.17, 15) is 9.59 Å². The van der Waals surface area contributed by atoms with Crippen molar-refractivity contribution in [1.82, 2.24) is 9.80 Å². The van der Waals surface area contributed by atoms with Crippen molar-refractivity contribution in [1.29, 1.82) is 0 Å². The van der Waals surface area contributed by atoms with Crippen LogP contribution in [0.1, 0.15) is 38.5 Å². The number of ether oxygens (including phenoxy) is 1. The first-order chi connectivity index (χ1) is 14.1. The molecule has 6 heteroatoms. The van der Waals surface area contributed by atoms with Gasteiger partial charge in [0.25, 0.3) is 0 Å². The molecule has 0 bridgehead atoms. The van der Waals surface area contributed by atoms with E-state index in [4.69, 9.17) is 4.74 Å². The predicted octanol–water partition coefficient (Wildman–Crippen LogP) is 2.77. The Morgan fingerprint density at radius 3 is 2.66 bits per heavy atom. The van der Waals surface area contributed by atoms with Crippen molar-refractivity contribution in [2.45, 2.75) is 44.6 Å². The molecule has 0 N–H and O–H groups in total. The molecule has 0 aliphatic carbocycles. The average Bonchev–Trinajstić information content (AvgIpc) is 3.15. The summed E-state index contributed by atoms with van der Waals surface area (Å²) in [4.78, 5) is 32.0. The van der Waals surface area contributed by atoms with Crippen LogP contribution in [0.5, 0.6) is 5.75 Å². The van der Waals surface area contributed by atoms with Gasteiger partial charge >= 0.3 is 0 Å². The molecule has 3 heterocycles.